The minimum Gasteiger partial charge on any atom is -0.351 e. The molecule has 1 aliphatic heterocycles. The van der Waals surface area contributed by atoms with Crippen LogP contribution in [0, 0.1) is 0 Å². The maximum Gasteiger partial charge on any atom is 0.240 e. The Morgan fingerprint density at radius 1 is 1.43 bits per heavy atom. The van der Waals surface area contributed by atoms with Gasteiger partial charge in [0.1, 0.15) is 6.54 Å². The number of nitrogens with one attached hydrogen (secondary N) is 1. The Morgan fingerprint density at radius 3 is 2.87 bits per heavy atom. The Morgan fingerprint density at radius 2 is 2.17 bits per heavy atom. The molecule has 0 radical (unpaired) electrons. The van der Waals surface area contributed by atoms with Gasteiger partial charge in [-0.25, -0.2) is 0 Å². The maximum atomic E-state index is 12.2. The molecule has 0 spiro atoms. The zero-order chi connectivity index (χ0) is 15.9. The zero-order valence-corrected chi connectivity index (χ0v) is 14.9. The lowest BCUT2D eigenvalue weighted by Gasteiger charge is -2.29. The Balaban J connectivity index is 0.00000264. The van der Waals surface area contributed by atoms with Gasteiger partial charge in [-0.3, -0.25) is 9.59 Å². The molecule has 2 amide bonds. The lowest BCUT2D eigenvalue weighted by atomic mass is 10.1. The lowest BCUT2D eigenvalue weighted by molar-refractivity contribution is -0.123. The van der Waals surface area contributed by atoms with Gasteiger partial charge in [0, 0.05) is 17.5 Å². The molecular formula is C16H24ClN3O2S. The summed E-state index contributed by atoms with van der Waals surface area (Å²) in [6.07, 6.45) is 2.98. The number of para-hydroxylation sites is 1. The number of hydrogen-bond donors (Lipinski definition) is 2. The van der Waals surface area contributed by atoms with E-state index in [4.69, 9.17) is 5.73 Å². The van der Waals surface area contributed by atoms with Gasteiger partial charge in [0.05, 0.1) is 11.4 Å². The summed E-state index contributed by atoms with van der Waals surface area (Å²) >= 11 is 1.51. The van der Waals surface area contributed by atoms with Crippen LogP contribution in [0.25, 0.3) is 0 Å². The second-order valence-electron chi connectivity index (χ2n) is 5.38. The fourth-order valence-corrected chi connectivity index (χ4v) is 3.38. The molecule has 23 heavy (non-hydrogen) atoms. The van der Waals surface area contributed by atoms with Crippen molar-refractivity contribution in [2.75, 3.05) is 23.7 Å². The summed E-state index contributed by atoms with van der Waals surface area (Å²) in [6.45, 7) is 2.58. The average molecular weight is 358 g/mol. The monoisotopic (exact) mass is 357 g/mol. The lowest BCUT2D eigenvalue weighted by Crippen LogP contribution is -2.47. The first-order valence-corrected chi connectivity index (χ1v) is 8.66. The summed E-state index contributed by atoms with van der Waals surface area (Å²) in [4.78, 5) is 27.0. The molecule has 0 bridgehead atoms. The smallest absolute Gasteiger partial charge is 0.240 e. The van der Waals surface area contributed by atoms with Crippen molar-refractivity contribution >= 4 is 41.7 Å². The molecule has 7 heteroatoms. The quantitative estimate of drug-likeness (QED) is 0.784. The first-order chi connectivity index (χ1) is 10.7. The summed E-state index contributed by atoms with van der Waals surface area (Å²) in [5.74, 6) is 0.193. The fraction of sp³-hybridized carbons (Fsp3) is 0.500. The van der Waals surface area contributed by atoms with Gasteiger partial charge in [-0.15, -0.1) is 24.2 Å². The Labute approximate surface area is 147 Å². The minimum absolute atomic E-state index is 0. The predicted octanol–water partition coefficient (Wildman–Crippen LogP) is 2.18. The van der Waals surface area contributed by atoms with E-state index in [0.29, 0.717) is 12.3 Å². The van der Waals surface area contributed by atoms with E-state index in [2.05, 4.69) is 12.2 Å². The van der Waals surface area contributed by atoms with Gasteiger partial charge in [-0.1, -0.05) is 31.9 Å². The molecule has 0 aromatic heterocycles. The zero-order valence-electron chi connectivity index (χ0n) is 13.3. The molecule has 1 unspecified atom stereocenters. The summed E-state index contributed by atoms with van der Waals surface area (Å²) < 4.78 is 0. The summed E-state index contributed by atoms with van der Waals surface area (Å²) in [5, 5.41) is 2.94. The van der Waals surface area contributed by atoms with Crippen LogP contribution in [0.3, 0.4) is 0 Å². The standard InChI is InChI=1S/C16H23N3O2S.ClH/c1-2-3-6-12(9-17)18-15(20)10-19-13-7-4-5-8-14(13)22-11-16(19)21;/h4-5,7-8,12H,2-3,6,9-11,17H2,1H3,(H,18,20);1H. The summed E-state index contributed by atoms with van der Waals surface area (Å²) in [7, 11) is 0. The number of amides is 2. The van der Waals surface area contributed by atoms with Crippen LogP contribution in [-0.2, 0) is 9.59 Å². The number of anilines is 1. The van der Waals surface area contributed by atoms with E-state index in [1.807, 2.05) is 24.3 Å². The molecule has 1 aliphatic rings. The van der Waals surface area contributed by atoms with Gasteiger partial charge in [0.2, 0.25) is 11.8 Å². The van der Waals surface area contributed by atoms with Crippen molar-refractivity contribution in [2.24, 2.45) is 5.73 Å². The van der Waals surface area contributed by atoms with Crippen molar-refractivity contribution in [2.45, 2.75) is 37.1 Å². The molecule has 5 nitrogen and oxygen atoms in total. The molecular weight excluding hydrogens is 334 g/mol. The Bertz CT molecular complexity index is 542. The highest BCUT2D eigenvalue weighted by Crippen LogP contribution is 2.34. The molecule has 0 saturated carbocycles. The van der Waals surface area contributed by atoms with Crippen molar-refractivity contribution in [3.63, 3.8) is 0 Å². The first kappa shape index (κ1) is 19.8. The number of carbonyl (C=O) groups excluding carboxylic acids is 2. The van der Waals surface area contributed by atoms with Gasteiger partial charge < -0.3 is 16.0 Å². The largest absolute Gasteiger partial charge is 0.351 e. The van der Waals surface area contributed by atoms with Gasteiger partial charge in [0.15, 0.2) is 0 Å². The van der Waals surface area contributed by atoms with Crippen molar-refractivity contribution < 1.29 is 9.59 Å². The van der Waals surface area contributed by atoms with E-state index in [1.165, 1.54) is 11.8 Å². The SMILES string of the molecule is CCCCC(CN)NC(=O)CN1C(=O)CSc2ccccc21.Cl. The number of unbranched alkanes of at least 4 members (excludes halogenated alkanes) is 1. The van der Waals surface area contributed by atoms with Crippen LogP contribution in [0.4, 0.5) is 5.69 Å². The number of rotatable bonds is 7. The number of halogens is 1. The van der Waals surface area contributed by atoms with Crippen LogP contribution >= 0.6 is 24.2 Å². The van der Waals surface area contributed by atoms with Gasteiger partial charge in [0.25, 0.3) is 0 Å². The number of carbonyl (C=O) groups is 2. The second kappa shape index (κ2) is 9.80. The van der Waals surface area contributed by atoms with E-state index < -0.39 is 0 Å². The van der Waals surface area contributed by atoms with E-state index in [0.717, 1.165) is 29.8 Å². The van der Waals surface area contributed by atoms with E-state index in [9.17, 15) is 9.59 Å². The number of fused-ring (bicyclic) bond motifs is 1. The third-order valence-electron chi connectivity index (χ3n) is 3.67. The molecule has 1 atom stereocenters. The highest BCUT2D eigenvalue weighted by atomic mass is 35.5. The van der Waals surface area contributed by atoms with Crippen molar-refractivity contribution in [3.05, 3.63) is 24.3 Å². The van der Waals surface area contributed by atoms with Crippen molar-refractivity contribution in [1.82, 2.24) is 5.32 Å². The maximum absolute atomic E-state index is 12.2. The summed E-state index contributed by atoms with van der Waals surface area (Å²) in [5.41, 5.74) is 6.52. The first-order valence-electron chi connectivity index (χ1n) is 7.67. The fourth-order valence-electron chi connectivity index (χ4n) is 2.44. The summed E-state index contributed by atoms with van der Waals surface area (Å²) in [6, 6.07) is 7.66. The van der Waals surface area contributed by atoms with Crippen LogP contribution in [0.15, 0.2) is 29.2 Å². The highest BCUT2D eigenvalue weighted by Gasteiger charge is 2.26. The molecule has 0 saturated heterocycles. The second-order valence-corrected chi connectivity index (χ2v) is 6.40. The van der Waals surface area contributed by atoms with Gasteiger partial charge in [-0.05, 0) is 18.6 Å². The van der Waals surface area contributed by atoms with Crippen LogP contribution < -0.4 is 16.0 Å². The molecule has 0 fully saturated rings. The van der Waals surface area contributed by atoms with Gasteiger partial charge >= 0.3 is 0 Å². The topological polar surface area (TPSA) is 75.4 Å². The van der Waals surface area contributed by atoms with E-state index in [-0.39, 0.29) is 36.8 Å². The third-order valence-corrected chi connectivity index (χ3v) is 4.71. The normalized spacial score (nSPS) is 14.7. The van der Waals surface area contributed by atoms with Crippen LogP contribution in [0.2, 0.25) is 0 Å². The van der Waals surface area contributed by atoms with Crippen LogP contribution in [0.1, 0.15) is 26.2 Å². The van der Waals surface area contributed by atoms with E-state index >= 15 is 0 Å². The predicted molar refractivity (Wildman–Crippen MR) is 97.3 cm³/mol. The molecule has 1 aromatic carbocycles. The Kier molecular flexibility index (Phi) is 8.44. The molecule has 2 rings (SSSR count). The van der Waals surface area contributed by atoms with Crippen molar-refractivity contribution in [1.29, 1.82) is 0 Å². The third kappa shape index (κ3) is 5.41. The molecule has 1 heterocycles. The molecule has 128 valence electrons. The molecule has 0 aliphatic carbocycles. The average Bonchev–Trinajstić information content (AvgIpc) is 2.54. The molecule has 1 aromatic rings. The van der Waals surface area contributed by atoms with E-state index in [1.54, 1.807) is 4.90 Å². The number of nitrogens with two attached hydrogens (primary N) is 1. The number of hydrogen-bond acceptors (Lipinski definition) is 4. The van der Waals surface area contributed by atoms with Crippen molar-refractivity contribution in [3.8, 4) is 0 Å². The van der Waals surface area contributed by atoms with Gasteiger partial charge in [-0.2, -0.15) is 0 Å². The number of thioether (sulfide) groups is 1. The van der Waals surface area contributed by atoms with Crippen LogP contribution in [0.5, 0.6) is 0 Å². The number of benzene rings is 1. The number of nitrogens with zero attached hydrogens (tertiary/aromatic N) is 1. The van der Waals surface area contributed by atoms with Crippen LogP contribution in [-0.4, -0.2) is 36.7 Å². The minimum atomic E-state index is -0.151. The molecule has 3 N–H and O–H groups in total. The Hall–Kier alpha value is -1.24. The highest BCUT2D eigenvalue weighted by molar-refractivity contribution is 8.00.